The summed E-state index contributed by atoms with van der Waals surface area (Å²) in [7, 11) is 0. The molecule has 1 unspecified atom stereocenters. The molecule has 0 N–H and O–H groups in total. The van der Waals surface area contributed by atoms with Gasteiger partial charge < -0.3 is 14.5 Å². The topological polar surface area (TPSA) is 45.7 Å². The summed E-state index contributed by atoms with van der Waals surface area (Å²) in [6, 6.07) is 4.37. The second-order valence-corrected chi connectivity index (χ2v) is 8.00. The number of amides is 1. The maximum absolute atomic E-state index is 12.9. The van der Waals surface area contributed by atoms with Crippen molar-refractivity contribution in [1.82, 2.24) is 9.88 Å². The van der Waals surface area contributed by atoms with Crippen LogP contribution in [0.1, 0.15) is 24.6 Å². The lowest BCUT2D eigenvalue weighted by Crippen LogP contribution is -2.48. The molecule has 2 aliphatic rings. The number of fused-ring (bicyclic) bond motifs is 1. The molecule has 5 nitrogen and oxygen atoms in total. The normalized spacial score (nSPS) is 21.7. The standard InChI is InChI=1S/C19H25N3O2S/c1-2-15-12-16-17(25-15)5-6-20-18(16)22-7-3-4-14(13-22)19(23)21-8-10-24-11-9-21/h5-6,12,14H,2-4,7-11,13H2,1H3. The highest BCUT2D eigenvalue weighted by atomic mass is 32.1. The molecule has 6 heteroatoms. The van der Waals surface area contributed by atoms with E-state index in [1.165, 1.54) is 15.0 Å². The molecule has 0 bridgehead atoms. The minimum atomic E-state index is 0.0770. The zero-order valence-corrected chi connectivity index (χ0v) is 15.6. The molecule has 1 amide bonds. The molecule has 0 aliphatic carbocycles. The molecule has 0 radical (unpaired) electrons. The Balaban J connectivity index is 1.55. The average molecular weight is 359 g/mol. The van der Waals surface area contributed by atoms with Crippen LogP contribution in [0.4, 0.5) is 5.82 Å². The SMILES string of the molecule is CCc1cc2c(N3CCCC(C(=O)N4CCOCC4)C3)nccc2s1. The van der Waals surface area contributed by atoms with Crippen LogP contribution >= 0.6 is 11.3 Å². The van der Waals surface area contributed by atoms with E-state index in [2.05, 4.69) is 28.9 Å². The largest absolute Gasteiger partial charge is 0.378 e. The summed E-state index contributed by atoms with van der Waals surface area (Å²) < 4.78 is 6.67. The van der Waals surface area contributed by atoms with Crippen LogP contribution in [0.25, 0.3) is 10.1 Å². The highest BCUT2D eigenvalue weighted by molar-refractivity contribution is 7.19. The molecule has 134 valence electrons. The molecule has 25 heavy (non-hydrogen) atoms. The lowest BCUT2D eigenvalue weighted by molar-refractivity contribution is -0.139. The number of ether oxygens (including phenoxy) is 1. The van der Waals surface area contributed by atoms with Gasteiger partial charge in [0.1, 0.15) is 5.82 Å². The van der Waals surface area contributed by atoms with Gasteiger partial charge in [0.05, 0.1) is 19.1 Å². The van der Waals surface area contributed by atoms with Gasteiger partial charge in [-0.15, -0.1) is 11.3 Å². The first-order valence-electron chi connectivity index (χ1n) is 9.25. The van der Waals surface area contributed by atoms with E-state index in [0.717, 1.165) is 51.3 Å². The molecule has 4 heterocycles. The van der Waals surface area contributed by atoms with E-state index < -0.39 is 0 Å². The average Bonchev–Trinajstić information content (AvgIpc) is 3.11. The summed E-state index contributed by atoms with van der Waals surface area (Å²) in [5.74, 6) is 1.42. The van der Waals surface area contributed by atoms with Gasteiger partial charge in [-0.05, 0) is 31.4 Å². The van der Waals surface area contributed by atoms with Crippen LogP contribution in [0.2, 0.25) is 0 Å². The van der Waals surface area contributed by atoms with E-state index in [9.17, 15) is 4.79 Å². The van der Waals surface area contributed by atoms with E-state index in [4.69, 9.17) is 4.74 Å². The van der Waals surface area contributed by atoms with E-state index in [1.807, 2.05) is 22.4 Å². The highest BCUT2D eigenvalue weighted by Gasteiger charge is 2.31. The van der Waals surface area contributed by atoms with E-state index in [-0.39, 0.29) is 5.92 Å². The fraction of sp³-hybridized carbons (Fsp3) is 0.579. The van der Waals surface area contributed by atoms with Gasteiger partial charge in [0.15, 0.2) is 0 Å². The van der Waals surface area contributed by atoms with Crippen LogP contribution in [0, 0.1) is 5.92 Å². The third kappa shape index (κ3) is 3.37. The molecule has 4 rings (SSSR count). The van der Waals surface area contributed by atoms with Crippen molar-refractivity contribution in [3.8, 4) is 0 Å². The van der Waals surface area contributed by atoms with Crippen LogP contribution in [-0.4, -0.2) is 55.2 Å². The molecule has 0 aromatic carbocycles. The second kappa shape index (κ2) is 7.30. The first-order chi connectivity index (χ1) is 12.3. The summed E-state index contributed by atoms with van der Waals surface area (Å²) in [6.45, 7) is 6.74. The fourth-order valence-electron chi connectivity index (χ4n) is 3.84. The number of carbonyl (C=O) groups is 1. The third-order valence-electron chi connectivity index (χ3n) is 5.22. The molecular formula is C19H25N3O2S. The van der Waals surface area contributed by atoms with Gasteiger partial charge in [0.25, 0.3) is 0 Å². The Morgan fingerprint density at radius 1 is 1.36 bits per heavy atom. The van der Waals surface area contributed by atoms with Crippen molar-refractivity contribution in [2.45, 2.75) is 26.2 Å². The second-order valence-electron chi connectivity index (χ2n) is 6.84. The van der Waals surface area contributed by atoms with Gasteiger partial charge in [-0.1, -0.05) is 6.92 Å². The van der Waals surface area contributed by atoms with Gasteiger partial charge in [0.2, 0.25) is 5.91 Å². The van der Waals surface area contributed by atoms with Crippen LogP contribution in [-0.2, 0) is 16.0 Å². The molecular weight excluding hydrogens is 334 g/mol. The smallest absolute Gasteiger partial charge is 0.227 e. The lowest BCUT2D eigenvalue weighted by atomic mass is 9.96. The van der Waals surface area contributed by atoms with Crippen molar-refractivity contribution < 1.29 is 9.53 Å². The number of morpholine rings is 1. The number of rotatable bonds is 3. The predicted molar refractivity (Wildman–Crippen MR) is 101 cm³/mol. The minimum absolute atomic E-state index is 0.0770. The quantitative estimate of drug-likeness (QED) is 0.845. The summed E-state index contributed by atoms with van der Waals surface area (Å²) in [6.07, 6.45) is 4.98. The third-order valence-corrected chi connectivity index (χ3v) is 6.46. The molecule has 2 aliphatic heterocycles. The molecule has 2 aromatic rings. The number of carbonyl (C=O) groups excluding carboxylic acids is 1. The van der Waals surface area contributed by atoms with E-state index in [0.29, 0.717) is 19.1 Å². The molecule has 0 spiro atoms. The highest BCUT2D eigenvalue weighted by Crippen LogP contribution is 2.34. The zero-order valence-electron chi connectivity index (χ0n) is 14.7. The zero-order chi connectivity index (χ0) is 17.2. The Morgan fingerprint density at radius 3 is 3.00 bits per heavy atom. The predicted octanol–water partition coefficient (Wildman–Crippen LogP) is 2.93. The van der Waals surface area contributed by atoms with E-state index >= 15 is 0 Å². The van der Waals surface area contributed by atoms with Crippen LogP contribution in [0.15, 0.2) is 18.3 Å². The number of hydrogen-bond acceptors (Lipinski definition) is 5. The Labute approximate surface area is 152 Å². The summed E-state index contributed by atoms with van der Waals surface area (Å²) in [5.41, 5.74) is 0. The number of aryl methyl sites for hydroxylation is 1. The van der Waals surface area contributed by atoms with Gasteiger partial charge in [-0.3, -0.25) is 4.79 Å². The van der Waals surface area contributed by atoms with Crippen LogP contribution < -0.4 is 4.90 Å². The maximum Gasteiger partial charge on any atom is 0.227 e. The van der Waals surface area contributed by atoms with Gasteiger partial charge in [-0.2, -0.15) is 0 Å². The molecule has 0 saturated carbocycles. The number of nitrogens with zero attached hydrogens (tertiary/aromatic N) is 3. The van der Waals surface area contributed by atoms with Gasteiger partial charge >= 0.3 is 0 Å². The van der Waals surface area contributed by atoms with Crippen molar-refractivity contribution in [3.63, 3.8) is 0 Å². The number of anilines is 1. The summed E-state index contributed by atoms with van der Waals surface area (Å²) in [5, 5.41) is 1.24. The van der Waals surface area contributed by atoms with Crippen LogP contribution in [0.5, 0.6) is 0 Å². The minimum Gasteiger partial charge on any atom is -0.378 e. The maximum atomic E-state index is 12.9. The van der Waals surface area contributed by atoms with Crippen LogP contribution in [0.3, 0.4) is 0 Å². The Morgan fingerprint density at radius 2 is 2.20 bits per heavy atom. The number of piperidine rings is 1. The molecule has 2 aromatic heterocycles. The molecule has 1 atom stereocenters. The van der Waals surface area contributed by atoms with Crippen molar-refractivity contribution >= 4 is 33.1 Å². The number of aromatic nitrogens is 1. The number of pyridine rings is 1. The Bertz CT molecular complexity index is 754. The lowest BCUT2D eigenvalue weighted by Gasteiger charge is -2.36. The fourth-order valence-corrected chi connectivity index (χ4v) is 4.83. The first-order valence-corrected chi connectivity index (χ1v) is 10.1. The van der Waals surface area contributed by atoms with Gasteiger partial charge in [0, 0.05) is 47.3 Å². The summed E-state index contributed by atoms with van der Waals surface area (Å²) in [4.78, 5) is 23.2. The Kier molecular flexibility index (Phi) is 4.90. The van der Waals surface area contributed by atoms with E-state index in [1.54, 1.807) is 0 Å². The molecule has 2 fully saturated rings. The summed E-state index contributed by atoms with van der Waals surface area (Å²) >= 11 is 1.85. The van der Waals surface area contributed by atoms with Crippen molar-refractivity contribution in [2.24, 2.45) is 5.92 Å². The number of hydrogen-bond donors (Lipinski definition) is 0. The van der Waals surface area contributed by atoms with Crippen molar-refractivity contribution in [1.29, 1.82) is 0 Å². The first kappa shape index (κ1) is 16.8. The van der Waals surface area contributed by atoms with Crippen molar-refractivity contribution in [3.05, 3.63) is 23.2 Å². The Hall–Kier alpha value is -1.66. The monoisotopic (exact) mass is 359 g/mol. The van der Waals surface area contributed by atoms with Crippen molar-refractivity contribution in [2.75, 3.05) is 44.3 Å². The molecule has 2 saturated heterocycles. The van der Waals surface area contributed by atoms with Gasteiger partial charge in [-0.25, -0.2) is 4.98 Å². The number of thiophene rings is 1.